The molecule has 0 bridgehead atoms. The highest BCUT2D eigenvalue weighted by Gasteiger charge is 2.24. The van der Waals surface area contributed by atoms with Gasteiger partial charge in [0.25, 0.3) is 0 Å². The summed E-state index contributed by atoms with van der Waals surface area (Å²) < 4.78 is 0. The van der Waals surface area contributed by atoms with E-state index in [4.69, 9.17) is 11.6 Å². The number of hydrogen-bond donors (Lipinski definition) is 1. The van der Waals surface area contributed by atoms with Crippen LogP contribution in [0.4, 0.5) is 16.2 Å². The second-order valence-electron chi connectivity index (χ2n) is 4.62. The number of urea groups is 1. The molecule has 1 aliphatic rings. The smallest absolute Gasteiger partial charge is 0.307 e. The quantitative estimate of drug-likeness (QED) is 0.881. The van der Waals surface area contributed by atoms with Gasteiger partial charge in [-0.25, -0.2) is 9.69 Å². The van der Waals surface area contributed by atoms with Crippen LogP contribution in [0.2, 0.25) is 5.02 Å². The third kappa shape index (κ3) is 3.43. The number of carbonyl (C=O) groups excluding carboxylic acids is 1. The molecule has 0 saturated heterocycles. The number of anilines is 2. The van der Waals surface area contributed by atoms with Gasteiger partial charge in [-0.1, -0.05) is 41.6 Å². The second kappa shape index (κ2) is 6.85. The molecular weight excluding hydrogens is 318 g/mol. The highest BCUT2D eigenvalue weighted by molar-refractivity contribution is 8.14. The Morgan fingerprint density at radius 1 is 1.14 bits per heavy atom. The Labute approximate surface area is 138 Å². The van der Waals surface area contributed by atoms with Crippen LogP contribution >= 0.6 is 23.4 Å². The van der Waals surface area contributed by atoms with Crippen LogP contribution in [0.15, 0.2) is 59.6 Å². The van der Waals surface area contributed by atoms with Crippen molar-refractivity contribution >= 4 is 45.9 Å². The van der Waals surface area contributed by atoms with Crippen molar-refractivity contribution in [3.63, 3.8) is 0 Å². The maximum Gasteiger partial charge on any atom is 0.332 e. The first-order valence-electron chi connectivity index (χ1n) is 6.83. The van der Waals surface area contributed by atoms with Crippen molar-refractivity contribution in [3.05, 3.63) is 59.6 Å². The largest absolute Gasteiger partial charge is 0.332 e. The molecule has 1 aliphatic heterocycles. The SMILES string of the molecule is O=C(Nc1ccc(Cl)cc1)N(C1=NCCS1)c1ccccc1. The number of thioether (sulfide) groups is 1. The van der Waals surface area contributed by atoms with Crippen molar-refractivity contribution in [3.8, 4) is 0 Å². The van der Waals surface area contributed by atoms with Crippen LogP contribution in [-0.4, -0.2) is 23.5 Å². The van der Waals surface area contributed by atoms with Gasteiger partial charge in [-0.3, -0.25) is 4.99 Å². The minimum atomic E-state index is -0.235. The molecule has 1 N–H and O–H groups in total. The summed E-state index contributed by atoms with van der Waals surface area (Å²) in [6, 6.07) is 16.3. The van der Waals surface area contributed by atoms with Gasteiger partial charge in [0.05, 0.1) is 12.2 Å². The molecule has 0 spiro atoms. The van der Waals surface area contributed by atoms with Crippen LogP contribution in [0.1, 0.15) is 0 Å². The molecule has 0 aliphatic carbocycles. The number of para-hydroxylation sites is 1. The Hall–Kier alpha value is -1.98. The summed E-state index contributed by atoms with van der Waals surface area (Å²) in [5.74, 6) is 0.896. The van der Waals surface area contributed by atoms with Crippen LogP contribution in [0.3, 0.4) is 0 Å². The van der Waals surface area contributed by atoms with E-state index in [9.17, 15) is 4.79 Å². The van der Waals surface area contributed by atoms with Gasteiger partial charge in [-0.2, -0.15) is 0 Å². The second-order valence-corrected chi connectivity index (χ2v) is 6.12. The summed E-state index contributed by atoms with van der Waals surface area (Å²) in [6.45, 7) is 0.734. The maximum absolute atomic E-state index is 12.7. The number of halogens is 1. The Balaban J connectivity index is 1.85. The Morgan fingerprint density at radius 2 is 1.86 bits per heavy atom. The third-order valence-electron chi connectivity index (χ3n) is 3.07. The van der Waals surface area contributed by atoms with Crippen molar-refractivity contribution in [1.29, 1.82) is 0 Å². The van der Waals surface area contributed by atoms with Crippen LogP contribution < -0.4 is 10.2 Å². The molecule has 1 heterocycles. The summed E-state index contributed by atoms with van der Waals surface area (Å²) in [4.78, 5) is 18.7. The number of nitrogens with zero attached hydrogens (tertiary/aromatic N) is 2. The lowest BCUT2D eigenvalue weighted by atomic mass is 10.3. The Bertz CT molecular complexity index is 688. The van der Waals surface area contributed by atoms with Gasteiger partial charge in [0, 0.05) is 16.5 Å². The van der Waals surface area contributed by atoms with Crippen LogP contribution in [0.25, 0.3) is 0 Å². The number of benzene rings is 2. The predicted molar refractivity (Wildman–Crippen MR) is 94.2 cm³/mol. The maximum atomic E-state index is 12.7. The third-order valence-corrected chi connectivity index (χ3v) is 4.28. The lowest BCUT2D eigenvalue weighted by Crippen LogP contribution is -2.38. The topological polar surface area (TPSA) is 44.7 Å². The lowest BCUT2D eigenvalue weighted by Gasteiger charge is -2.22. The first-order chi connectivity index (χ1) is 10.7. The minimum absolute atomic E-state index is 0.235. The number of rotatable bonds is 2. The van der Waals surface area contributed by atoms with Gasteiger partial charge in [-0.05, 0) is 36.4 Å². The molecule has 0 aromatic heterocycles. The monoisotopic (exact) mass is 331 g/mol. The van der Waals surface area contributed by atoms with Crippen molar-refractivity contribution < 1.29 is 4.79 Å². The van der Waals surface area contributed by atoms with Crippen molar-refractivity contribution in [2.24, 2.45) is 4.99 Å². The average Bonchev–Trinajstić information content (AvgIpc) is 3.05. The molecule has 6 heteroatoms. The molecule has 0 atom stereocenters. The molecule has 112 valence electrons. The van der Waals surface area contributed by atoms with Gasteiger partial charge in [0.1, 0.15) is 0 Å². The van der Waals surface area contributed by atoms with E-state index in [1.807, 2.05) is 30.3 Å². The number of hydrogen-bond acceptors (Lipinski definition) is 3. The first-order valence-corrected chi connectivity index (χ1v) is 8.19. The normalized spacial score (nSPS) is 13.6. The summed E-state index contributed by atoms with van der Waals surface area (Å²) in [6.07, 6.45) is 0. The molecule has 0 unspecified atom stereocenters. The summed E-state index contributed by atoms with van der Waals surface area (Å²) in [7, 11) is 0. The average molecular weight is 332 g/mol. The molecule has 2 aromatic rings. The number of amidine groups is 1. The zero-order chi connectivity index (χ0) is 15.4. The van der Waals surface area contributed by atoms with Crippen molar-refractivity contribution in [2.45, 2.75) is 0 Å². The summed E-state index contributed by atoms with van der Waals surface area (Å²) in [5.41, 5.74) is 1.49. The van der Waals surface area contributed by atoms with E-state index in [1.165, 1.54) is 0 Å². The summed E-state index contributed by atoms with van der Waals surface area (Å²) in [5, 5.41) is 4.23. The predicted octanol–water partition coefficient (Wildman–Crippen LogP) is 4.48. The van der Waals surface area contributed by atoms with Gasteiger partial charge in [0.15, 0.2) is 5.17 Å². The van der Waals surface area contributed by atoms with Crippen LogP contribution in [0.5, 0.6) is 0 Å². The van der Waals surface area contributed by atoms with Crippen LogP contribution in [-0.2, 0) is 0 Å². The Morgan fingerprint density at radius 3 is 2.50 bits per heavy atom. The number of aliphatic imine (C=N–C) groups is 1. The first kappa shape index (κ1) is 14.9. The van der Waals surface area contributed by atoms with Gasteiger partial charge >= 0.3 is 6.03 Å². The summed E-state index contributed by atoms with van der Waals surface area (Å²) >= 11 is 7.45. The van der Waals surface area contributed by atoms with Gasteiger partial charge in [0.2, 0.25) is 0 Å². The van der Waals surface area contributed by atoms with Gasteiger partial charge in [-0.15, -0.1) is 0 Å². The molecule has 2 aromatic carbocycles. The molecular formula is C16H14ClN3OS. The fraction of sp³-hybridized carbons (Fsp3) is 0.125. The lowest BCUT2D eigenvalue weighted by molar-refractivity contribution is 0.259. The van der Waals surface area contributed by atoms with E-state index >= 15 is 0 Å². The molecule has 2 amide bonds. The highest BCUT2D eigenvalue weighted by Crippen LogP contribution is 2.24. The van der Waals surface area contributed by atoms with Crippen molar-refractivity contribution in [2.75, 3.05) is 22.5 Å². The van der Waals surface area contributed by atoms with Crippen molar-refractivity contribution in [1.82, 2.24) is 0 Å². The van der Waals surface area contributed by atoms with E-state index in [0.717, 1.165) is 23.2 Å². The van der Waals surface area contributed by atoms with E-state index in [1.54, 1.807) is 40.9 Å². The fourth-order valence-corrected chi connectivity index (χ4v) is 3.05. The molecule has 3 rings (SSSR count). The Kier molecular flexibility index (Phi) is 4.65. The number of amides is 2. The minimum Gasteiger partial charge on any atom is -0.307 e. The van der Waals surface area contributed by atoms with E-state index in [2.05, 4.69) is 10.3 Å². The molecule has 4 nitrogen and oxygen atoms in total. The number of carbonyl (C=O) groups is 1. The van der Waals surface area contributed by atoms with E-state index < -0.39 is 0 Å². The highest BCUT2D eigenvalue weighted by atomic mass is 35.5. The standard InChI is InChI=1S/C16H14ClN3OS/c17-12-6-8-13(9-7-12)19-15(21)20(16-18-10-11-22-16)14-4-2-1-3-5-14/h1-9H,10-11H2,(H,19,21). The number of nitrogens with one attached hydrogen (secondary N) is 1. The van der Waals surface area contributed by atoms with E-state index in [-0.39, 0.29) is 6.03 Å². The van der Waals surface area contributed by atoms with Crippen LogP contribution in [0, 0.1) is 0 Å². The molecule has 0 radical (unpaired) electrons. The fourth-order valence-electron chi connectivity index (χ4n) is 2.06. The zero-order valence-electron chi connectivity index (χ0n) is 11.7. The van der Waals surface area contributed by atoms with E-state index in [0.29, 0.717) is 10.7 Å². The molecule has 0 fully saturated rings. The molecule has 0 saturated carbocycles. The van der Waals surface area contributed by atoms with Gasteiger partial charge < -0.3 is 5.32 Å². The zero-order valence-corrected chi connectivity index (χ0v) is 13.3. The molecule has 22 heavy (non-hydrogen) atoms.